The highest BCUT2D eigenvalue weighted by Gasteiger charge is 2.22. The van der Waals surface area contributed by atoms with E-state index in [1.165, 1.54) is 11.3 Å². The molecule has 0 saturated carbocycles. The van der Waals surface area contributed by atoms with Crippen molar-refractivity contribution >= 4 is 33.7 Å². The molecule has 0 aliphatic rings. The van der Waals surface area contributed by atoms with Crippen LogP contribution in [0.3, 0.4) is 0 Å². The summed E-state index contributed by atoms with van der Waals surface area (Å²) < 4.78 is 0. The van der Waals surface area contributed by atoms with Gasteiger partial charge in [-0.05, 0) is 6.92 Å². The number of hydrogen-bond donors (Lipinski definition) is 3. The summed E-state index contributed by atoms with van der Waals surface area (Å²) in [5, 5.41) is 3.56. The number of anilines is 2. The van der Waals surface area contributed by atoms with Gasteiger partial charge in [0.25, 0.3) is 5.91 Å². The standard InChI is InChI=1S/C10H15N3O2S/c1-3-5(14)8-7(11)6(9(12)15)10(16-8)13-4-2/h13H,3-4,11H2,1-2H3,(H2,12,15). The molecular formula is C10H15N3O2S. The molecule has 1 heterocycles. The van der Waals surface area contributed by atoms with E-state index in [9.17, 15) is 9.59 Å². The molecule has 0 aliphatic heterocycles. The molecule has 5 N–H and O–H groups in total. The Morgan fingerprint density at radius 2 is 2.00 bits per heavy atom. The van der Waals surface area contributed by atoms with E-state index in [1.807, 2.05) is 6.92 Å². The Bertz CT molecular complexity index is 426. The summed E-state index contributed by atoms with van der Waals surface area (Å²) in [6.07, 6.45) is 0.356. The maximum Gasteiger partial charge on any atom is 0.253 e. The SMILES string of the molecule is CCNc1sc(C(=O)CC)c(N)c1C(N)=O. The molecule has 0 aromatic carbocycles. The van der Waals surface area contributed by atoms with Crippen LogP contribution in [0, 0.1) is 0 Å². The van der Waals surface area contributed by atoms with E-state index in [-0.39, 0.29) is 17.0 Å². The summed E-state index contributed by atoms with van der Waals surface area (Å²) in [4.78, 5) is 23.2. The molecule has 0 spiro atoms. The third kappa shape index (κ3) is 2.16. The van der Waals surface area contributed by atoms with Crippen LogP contribution in [-0.4, -0.2) is 18.2 Å². The Balaban J connectivity index is 3.29. The van der Waals surface area contributed by atoms with Gasteiger partial charge in [0.2, 0.25) is 0 Å². The number of hydrogen-bond acceptors (Lipinski definition) is 5. The number of nitrogens with two attached hydrogens (primary N) is 2. The van der Waals surface area contributed by atoms with Gasteiger partial charge in [-0.1, -0.05) is 6.92 Å². The molecule has 0 fully saturated rings. The second-order valence-electron chi connectivity index (χ2n) is 3.22. The highest BCUT2D eigenvalue weighted by molar-refractivity contribution is 7.19. The number of amides is 1. The van der Waals surface area contributed by atoms with E-state index in [4.69, 9.17) is 11.5 Å². The molecule has 16 heavy (non-hydrogen) atoms. The zero-order chi connectivity index (χ0) is 12.3. The molecule has 1 amide bonds. The Morgan fingerprint density at radius 3 is 2.44 bits per heavy atom. The maximum absolute atomic E-state index is 11.6. The fraction of sp³-hybridized carbons (Fsp3) is 0.400. The van der Waals surface area contributed by atoms with Crippen LogP contribution in [-0.2, 0) is 0 Å². The first-order valence-electron chi connectivity index (χ1n) is 5.02. The minimum Gasteiger partial charge on any atom is -0.397 e. The highest BCUT2D eigenvalue weighted by Crippen LogP contribution is 2.36. The third-order valence-corrected chi connectivity index (χ3v) is 3.31. The van der Waals surface area contributed by atoms with E-state index >= 15 is 0 Å². The number of Topliss-reactive ketones (excluding diaryl/α,β-unsaturated/α-hetero) is 1. The lowest BCUT2D eigenvalue weighted by molar-refractivity contribution is 0.0991. The van der Waals surface area contributed by atoms with Crippen molar-refractivity contribution in [2.45, 2.75) is 20.3 Å². The van der Waals surface area contributed by atoms with Crippen LogP contribution in [0.2, 0.25) is 0 Å². The van der Waals surface area contributed by atoms with Crippen molar-refractivity contribution in [2.24, 2.45) is 5.73 Å². The van der Waals surface area contributed by atoms with Gasteiger partial charge in [0, 0.05) is 13.0 Å². The minimum atomic E-state index is -0.611. The average molecular weight is 241 g/mol. The Kier molecular flexibility index (Phi) is 3.89. The second kappa shape index (κ2) is 4.98. The number of rotatable bonds is 5. The summed E-state index contributed by atoms with van der Waals surface area (Å²) in [5.74, 6) is -0.686. The number of carbonyl (C=O) groups excluding carboxylic acids is 2. The van der Waals surface area contributed by atoms with Crippen molar-refractivity contribution < 1.29 is 9.59 Å². The molecule has 1 aromatic rings. The summed E-state index contributed by atoms with van der Waals surface area (Å²) in [6, 6.07) is 0. The first-order valence-corrected chi connectivity index (χ1v) is 5.83. The van der Waals surface area contributed by atoms with Crippen LogP contribution in [0.15, 0.2) is 0 Å². The lowest BCUT2D eigenvalue weighted by atomic mass is 10.1. The van der Waals surface area contributed by atoms with Gasteiger partial charge in [-0.2, -0.15) is 0 Å². The molecule has 0 unspecified atom stereocenters. The number of nitrogens with one attached hydrogen (secondary N) is 1. The lowest BCUT2D eigenvalue weighted by Crippen LogP contribution is -2.15. The molecule has 5 nitrogen and oxygen atoms in total. The minimum absolute atomic E-state index is 0.0749. The third-order valence-electron chi connectivity index (χ3n) is 2.10. The van der Waals surface area contributed by atoms with Crippen molar-refractivity contribution in [2.75, 3.05) is 17.6 Å². The van der Waals surface area contributed by atoms with Crippen molar-refractivity contribution in [3.8, 4) is 0 Å². The molecule has 0 bridgehead atoms. The lowest BCUT2D eigenvalue weighted by Gasteiger charge is -2.01. The van der Waals surface area contributed by atoms with Gasteiger partial charge in [-0.15, -0.1) is 11.3 Å². The van der Waals surface area contributed by atoms with Gasteiger partial charge < -0.3 is 16.8 Å². The maximum atomic E-state index is 11.6. The predicted octanol–water partition coefficient (Wildman–Crippen LogP) is 1.45. The van der Waals surface area contributed by atoms with Gasteiger partial charge in [0.1, 0.15) is 5.00 Å². The Labute approximate surface area is 97.8 Å². The molecule has 0 atom stereocenters. The van der Waals surface area contributed by atoms with Crippen molar-refractivity contribution in [3.63, 3.8) is 0 Å². The quantitative estimate of drug-likeness (QED) is 0.679. The van der Waals surface area contributed by atoms with Crippen LogP contribution < -0.4 is 16.8 Å². The summed E-state index contributed by atoms with van der Waals surface area (Å²) >= 11 is 1.19. The van der Waals surface area contributed by atoms with Crippen molar-refractivity contribution in [1.82, 2.24) is 0 Å². The van der Waals surface area contributed by atoms with Gasteiger partial charge in [-0.25, -0.2) is 0 Å². The van der Waals surface area contributed by atoms with Crippen LogP contribution >= 0.6 is 11.3 Å². The molecule has 6 heteroatoms. The van der Waals surface area contributed by atoms with E-state index in [1.54, 1.807) is 6.92 Å². The van der Waals surface area contributed by atoms with Crippen molar-refractivity contribution in [3.05, 3.63) is 10.4 Å². The molecule has 0 radical (unpaired) electrons. The van der Waals surface area contributed by atoms with Crippen LogP contribution in [0.1, 0.15) is 40.3 Å². The predicted molar refractivity (Wildman–Crippen MR) is 66.0 cm³/mol. The summed E-state index contributed by atoms with van der Waals surface area (Å²) in [5.41, 5.74) is 11.4. The van der Waals surface area contributed by atoms with E-state index in [0.29, 0.717) is 22.8 Å². The molecule has 88 valence electrons. The number of thiophene rings is 1. The van der Waals surface area contributed by atoms with Gasteiger partial charge in [0.05, 0.1) is 16.1 Å². The van der Waals surface area contributed by atoms with Crippen molar-refractivity contribution in [1.29, 1.82) is 0 Å². The second-order valence-corrected chi connectivity index (χ2v) is 4.24. The topological polar surface area (TPSA) is 98.2 Å². The number of carbonyl (C=O) groups is 2. The first kappa shape index (κ1) is 12.5. The smallest absolute Gasteiger partial charge is 0.253 e. The molecule has 1 aromatic heterocycles. The summed E-state index contributed by atoms with van der Waals surface area (Å²) in [7, 11) is 0. The average Bonchev–Trinajstić information content (AvgIpc) is 2.55. The van der Waals surface area contributed by atoms with E-state index < -0.39 is 5.91 Å². The zero-order valence-electron chi connectivity index (χ0n) is 9.29. The summed E-state index contributed by atoms with van der Waals surface area (Å²) in [6.45, 7) is 4.28. The van der Waals surface area contributed by atoms with E-state index in [0.717, 1.165) is 0 Å². The zero-order valence-corrected chi connectivity index (χ0v) is 10.1. The molecule has 1 rings (SSSR count). The van der Waals surface area contributed by atoms with Crippen LogP contribution in [0.4, 0.5) is 10.7 Å². The molecule has 0 aliphatic carbocycles. The van der Waals surface area contributed by atoms with E-state index in [2.05, 4.69) is 5.32 Å². The number of ketones is 1. The number of primary amides is 1. The fourth-order valence-electron chi connectivity index (χ4n) is 1.34. The van der Waals surface area contributed by atoms with Gasteiger partial charge in [-0.3, -0.25) is 9.59 Å². The van der Waals surface area contributed by atoms with Gasteiger partial charge in [0.15, 0.2) is 5.78 Å². The normalized spacial score (nSPS) is 10.1. The van der Waals surface area contributed by atoms with Gasteiger partial charge >= 0.3 is 0 Å². The van der Waals surface area contributed by atoms with Crippen LogP contribution in [0.5, 0.6) is 0 Å². The Morgan fingerprint density at radius 1 is 1.38 bits per heavy atom. The Hall–Kier alpha value is -1.56. The molecule has 0 saturated heterocycles. The monoisotopic (exact) mass is 241 g/mol. The number of nitrogen functional groups attached to an aromatic ring is 1. The van der Waals surface area contributed by atoms with Crippen LogP contribution in [0.25, 0.3) is 0 Å². The fourth-order valence-corrected chi connectivity index (χ4v) is 2.54. The largest absolute Gasteiger partial charge is 0.397 e. The molecular weight excluding hydrogens is 226 g/mol. The first-order chi connectivity index (χ1) is 7.52. The highest BCUT2D eigenvalue weighted by atomic mass is 32.1.